The lowest BCUT2D eigenvalue weighted by Gasteiger charge is -1.94. The molecule has 6 heteroatoms. The first kappa shape index (κ1) is 8.98. The van der Waals surface area contributed by atoms with Crippen LogP contribution in [0.2, 0.25) is 0 Å². The van der Waals surface area contributed by atoms with E-state index in [1.807, 2.05) is 0 Å². The van der Waals surface area contributed by atoms with Crippen molar-refractivity contribution >= 4 is 6.09 Å². The van der Waals surface area contributed by atoms with Gasteiger partial charge in [-0.05, 0) is 12.8 Å². The summed E-state index contributed by atoms with van der Waals surface area (Å²) in [7, 11) is 0. The summed E-state index contributed by atoms with van der Waals surface area (Å²) in [6.07, 6.45) is 1.68. The highest BCUT2D eigenvalue weighted by molar-refractivity contribution is 5.64. The van der Waals surface area contributed by atoms with Crippen LogP contribution in [0, 0.1) is 0 Å². The minimum absolute atomic E-state index is 0.307. The van der Waals surface area contributed by atoms with Crippen molar-refractivity contribution in [2.45, 2.75) is 25.2 Å². The Labute approximate surface area is 80.3 Å². The number of hydrogen-bond acceptors (Lipinski definition) is 4. The van der Waals surface area contributed by atoms with Crippen LogP contribution in [-0.2, 0) is 6.42 Å². The molecule has 1 aromatic rings. The smallest absolute Gasteiger partial charge is 0.404 e. The maximum atomic E-state index is 10.1. The van der Waals surface area contributed by atoms with E-state index in [1.165, 1.54) is 0 Å². The molecule has 0 atom stereocenters. The fourth-order valence-corrected chi connectivity index (χ4v) is 1.15. The monoisotopic (exact) mass is 197 g/mol. The van der Waals surface area contributed by atoms with Crippen molar-refractivity contribution in [2.75, 3.05) is 6.54 Å². The molecule has 0 bridgehead atoms. The lowest BCUT2D eigenvalue weighted by atomic mass is 10.4. The molecule has 76 valence electrons. The third kappa shape index (κ3) is 2.21. The van der Waals surface area contributed by atoms with Gasteiger partial charge in [0.15, 0.2) is 5.82 Å². The largest absolute Gasteiger partial charge is 0.465 e. The maximum Gasteiger partial charge on any atom is 0.404 e. The topological polar surface area (TPSA) is 88.2 Å². The molecule has 1 aromatic heterocycles. The molecule has 14 heavy (non-hydrogen) atoms. The summed E-state index contributed by atoms with van der Waals surface area (Å²) < 4.78 is 4.95. The SMILES string of the molecule is O=C(O)NCCc1nc(C2CC2)no1. The Morgan fingerprint density at radius 2 is 2.43 bits per heavy atom. The molecule has 1 aliphatic carbocycles. The molecule has 0 unspecified atom stereocenters. The highest BCUT2D eigenvalue weighted by Crippen LogP contribution is 2.37. The number of nitrogens with zero attached hydrogens (tertiary/aromatic N) is 2. The van der Waals surface area contributed by atoms with Crippen molar-refractivity contribution in [1.82, 2.24) is 15.5 Å². The molecule has 1 saturated carbocycles. The predicted octanol–water partition coefficient (Wildman–Crippen LogP) is 0.757. The number of carboxylic acid groups (broad SMARTS) is 1. The van der Waals surface area contributed by atoms with E-state index < -0.39 is 6.09 Å². The number of hydrogen-bond donors (Lipinski definition) is 2. The second-order valence-corrected chi connectivity index (χ2v) is 3.30. The van der Waals surface area contributed by atoms with E-state index in [0.717, 1.165) is 18.7 Å². The first-order valence-corrected chi connectivity index (χ1v) is 4.55. The van der Waals surface area contributed by atoms with E-state index in [2.05, 4.69) is 15.5 Å². The van der Waals surface area contributed by atoms with Gasteiger partial charge >= 0.3 is 6.09 Å². The zero-order chi connectivity index (χ0) is 9.97. The molecule has 2 rings (SSSR count). The van der Waals surface area contributed by atoms with Crippen LogP contribution in [0.3, 0.4) is 0 Å². The minimum atomic E-state index is -1.04. The molecule has 0 aliphatic heterocycles. The molecular formula is C8H11N3O3. The van der Waals surface area contributed by atoms with Gasteiger partial charge in [-0.3, -0.25) is 0 Å². The summed E-state index contributed by atoms with van der Waals surface area (Å²) in [5.41, 5.74) is 0. The second kappa shape index (κ2) is 3.65. The van der Waals surface area contributed by atoms with Crippen molar-refractivity contribution in [3.63, 3.8) is 0 Å². The van der Waals surface area contributed by atoms with Gasteiger partial charge in [0.1, 0.15) is 0 Å². The molecule has 0 radical (unpaired) electrons. The molecule has 1 fully saturated rings. The molecule has 1 heterocycles. The van der Waals surface area contributed by atoms with Gasteiger partial charge in [-0.2, -0.15) is 4.98 Å². The van der Waals surface area contributed by atoms with Crippen molar-refractivity contribution in [2.24, 2.45) is 0 Å². The van der Waals surface area contributed by atoms with Gasteiger partial charge in [0.25, 0.3) is 0 Å². The molecule has 1 aliphatic rings. The lowest BCUT2D eigenvalue weighted by Crippen LogP contribution is -2.23. The fourth-order valence-electron chi connectivity index (χ4n) is 1.15. The summed E-state index contributed by atoms with van der Waals surface area (Å²) >= 11 is 0. The van der Waals surface area contributed by atoms with Crippen LogP contribution < -0.4 is 5.32 Å². The highest BCUT2D eigenvalue weighted by Gasteiger charge is 2.28. The standard InChI is InChI=1S/C8H11N3O3/c12-8(13)9-4-3-6-10-7(11-14-6)5-1-2-5/h5,9H,1-4H2,(H,12,13). The van der Waals surface area contributed by atoms with Gasteiger partial charge in [0.2, 0.25) is 5.89 Å². The maximum absolute atomic E-state index is 10.1. The molecule has 1 amide bonds. The summed E-state index contributed by atoms with van der Waals surface area (Å²) in [6.45, 7) is 0.307. The van der Waals surface area contributed by atoms with Crippen molar-refractivity contribution in [3.05, 3.63) is 11.7 Å². The molecule has 2 N–H and O–H groups in total. The quantitative estimate of drug-likeness (QED) is 0.743. The van der Waals surface area contributed by atoms with Crippen molar-refractivity contribution < 1.29 is 14.4 Å². The van der Waals surface area contributed by atoms with Gasteiger partial charge in [-0.1, -0.05) is 5.16 Å². The number of rotatable bonds is 4. The summed E-state index contributed by atoms with van der Waals surface area (Å²) in [5, 5.41) is 14.4. The van der Waals surface area contributed by atoms with Gasteiger partial charge in [-0.15, -0.1) is 0 Å². The van der Waals surface area contributed by atoms with Crippen LogP contribution in [0.25, 0.3) is 0 Å². The number of nitrogens with one attached hydrogen (secondary N) is 1. The lowest BCUT2D eigenvalue weighted by molar-refractivity contribution is 0.194. The zero-order valence-electron chi connectivity index (χ0n) is 7.56. The Hall–Kier alpha value is -1.59. The molecule has 0 aromatic carbocycles. The van der Waals surface area contributed by atoms with Crippen LogP contribution in [0.5, 0.6) is 0 Å². The predicted molar refractivity (Wildman–Crippen MR) is 46.0 cm³/mol. The Bertz CT molecular complexity index is 332. The van der Waals surface area contributed by atoms with Crippen molar-refractivity contribution in [3.8, 4) is 0 Å². The number of amides is 1. The second-order valence-electron chi connectivity index (χ2n) is 3.30. The Morgan fingerprint density at radius 3 is 3.07 bits per heavy atom. The average molecular weight is 197 g/mol. The van der Waals surface area contributed by atoms with Crippen LogP contribution in [-0.4, -0.2) is 27.9 Å². The molecular weight excluding hydrogens is 186 g/mol. The number of aromatic nitrogens is 2. The average Bonchev–Trinajstić information content (AvgIpc) is 2.87. The Morgan fingerprint density at radius 1 is 1.64 bits per heavy atom. The Kier molecular flexibility index (Phi) is 2.34. The Balaban J connectivity index is 1.80. The van der Waals surface area contributed by atoms with E-state index in [4.69, 9.17) is 9.63 Å². The van der Waals surface area contributed by atoms with E-state index in [1.54, 1.807) is 0 Å². The third-order valence-electron chi connectivity index (χ3n) is 2.04. The van der Waals surface area contributed by atoms with Crippen LogP contribution in [0.1, 0.15) is 30.5 Å². The summed E-state index contributed by atoms with van der Waals surface area (Å²) in [6, 6.07) is 0. The fraction of sp³-hybridized carbons (Fsp3) is 0.625. The van der Waals surface area contributed by atoms with Crippen molar-refractivity contribution in [1.29, 1.82) is 0 Å². The first-order chi connectivity index (χ1) is 6.75. The van der Waals surface area contributed by atoms with Gasteiger partial charge < -0.3 is 14.9 Å². The molecule has 6 nitrogen and oxygen atoms in total. The van der Waals surface area contributed by atoms with Crippen LogP contribution in [0.15, 0.2) is 4.52 Å². The van der Waals surface area contributed by atoms with E-state index in [9.17, 15) is 4.79 Å². The number of carbonyl (C=O) groups is 1. The first-order valence-electron chi connectivity index (χ1n) is 4.55. The van der Waals surface area contributed by atoms with E-state index in [-0.39, 0.29) is 0 Å². The normalized spacial score (nSPS) is 15.4. The molecule has 0 spiro atoms. The highest BCUT2D eigenvalue weighted by atomic mass is 16.5. The zero-order valence-corrected chi connectivity index (χ0v) is 7.56. The summed E-state index contributed by atoms with van der Waals surface area (Å²) in [5.74, 6) is 1.73. The van der Waals surface area contributed by atoms with Gasteiger partial charge in [-0.25, -0.2) is 4.79 Å². The van der Waals surface area contributed by atoms with Crippen LogP contribution >= 0.6 is 0 Å². The summed E-state index contributed by atoms with van der Waals surface area (Å²) in [4.78, 5) is 14.3. The minimum Gasteiger partial charge on any atom is -0.465 e. The van der Waals surface area contributed by atoms with E-state index in [0.29, 0.717) is 24.8 Å². The van der Waals surface area contributed by atoms with Crippen LogP contribution in [0.4, 0.5) is 4.79 Å². The third-order valence-corrected chi connectivity index (χ3v) is 2.04. The van der Waals surface area contributed by atoms with E-state index >= 15 is 0 Å². The molecule has 0 saturated heterocycles. The van der Waals surface area contributed by atoms with Gasteiger partial charge in [0, 0.05) is 18.9 Å². The van der Waals surface area contributed by atoms with Gasteiger partial charge in [0.05, 0.1) is 0 Å².